The van der Waals surface area contributed by atoms with Crippen molar-refractivity contribution in [2.75, 3.05) is 6.54 Å². The highest BCUT2D eigenvalue weighted by Crippen LogP contribution is 2.30. The maximum Gasteiger partial charge on any atom is 0.275 e. The highest BCUT2D eigenvalue weighted by molar-refractivity contribution is 6.31. The molecule has 2 heterocycles. The lowest BCUT2D eigenvalue weighted by molar-refractivity contribution is -0.385. The fourth-order valence-corrected chi connectivity index (χ4v) is 5.19. The summed E-state index contributed by atoms with van der Waals surface area (Å²) >= 11 is 6.34. The molecule has 5 rings (SSSR count). The zero-order valence-corrected chi connectivity index (χ0v) is 20.6. The molecule has 36 heavy (non-hydrogen) atoms. The van der Waals surface area contributed by atoms with E-state index < -0.39 is 4.92 Å². The second-order valence-corrected chi connectivity index (χ2v) is 9.35. The van der Waals surface area contributed by atoms with E-state index in [-0.39, 0.29) is 23.8 Å². The van der Waals surface area contributed by atoms with Gasteiger partial charge >= 0.3 is 0 Å². The van der Waals surface area contributed by atoms with E-state index in [4.69, 9.17) is 16.6 Å². The Hall–Kier alpha value is -3.81. The summed E-state index contributed by atoms with van der Waals surface area (Å²) in [5.74, 6) is 0.659. The van der Waals surface area contributed by atoms with Crippen LogP contribution in [0.2, 0.25) is 5.02 Å². The van der Waals surface area contributed by atoms with Gasteiger partial charge in [0.1, 0.15) is 5.82 Å². The van der Waals surface area contributed by atoms with E-state index in [1.54, 1.807) is 16.7 Å². The number of aryl methyl sites for hydroxylation is 1. The molecule has 0 amide bonds. The minimum Gasteiger partial charge on any atom is -0.294 e. The minimum atomic E-state index is -0.415. The van der Waals surface area contributed by atoms with Crippen LogP contribution in [0.15, 0.2) is 83.7 Å². The van der Waals surface area contributed by atoms with Gasteiger partial charge < -0.3 is 0 Å². The first-order valence-corrected chi connectivity index (χ1v) is 12.2. The fraction of sp³-hybridized carbons (Fsp3) is 0.214. The Morgan fingerprint density at radius 1 is 1.00 bits per heavy atom. The van der Waals surface area contributed by atoms with Crippen LogP contribution >= 0.6 is 11.6 Å². The zero-order chi connectivity index (χ0) is 25.2. The van der Waals surface area contributed by atoms with Gasteiger partial charge in [-0.25, -0.2) is 4.98 Å². The molecule has 0 atom stereocenters. The summed E-state index contributed by atoms with van der Waals surface area (Å²) in [4.78, 5) is 32.0. The summed E-state index contributed by atoms with van der Waals surface area (Å²) in [7, 11) is 0. The first kappa shape index (κ1) is 23.9. The lowest BCUT2D eigenvalue weighted by Gasteiger charge is -2.30. The smallest absolute Gasteiger partial charge is 0.275 e. The predicted molar refractivity (Wildman–Crippen MR) is 139 cm³/mol. The molecule has 182 valence electrons. The van der Waals surface area contributed by atoms with Crippen molar-refractivity contribution < 1.29 is 4.92 Å². The maximum absolute atomic E-state index is 14.0. The normalized spacial score (nSPS) is 13.5. The van der Waals surface area contributed by atoms with Crippen molar-refractivity contribution in [2.45, 2.75) is 32.5 Å². The average Bonchev–Trinajstić information content (AvgIpc) is 2.89. The second kappa shape index (κ2) is 10.0. The van der Waals surface area contributed by atoms with Crippen LogP contribution in [0.4, 0.5) is 5.69 Å². The number of rotatable bonds is 6. The molecule has 8 heteroatoms. The molecule has 0 saturated heterocycles. The zero-order valence-electron chi connectivity index (χ0n) is 19.8. The van der Waals surface area contributed by atoms with Gasteiger partial charge in [-0.2, -0.15) is 0 Å². The summed E-state index contributed by atoms with van der Waals surface area (Å²) in [5.41, 5.74) is 3.76. The lowest BCUT2D eigenvalue weighted by Crippen LogP contribution is -2.40. The molecule has 3 aromatic carbocycles. The average molecular weight is 501 g/mol. The van der Waals surface area contributed by atoms with Gasteiger partial charge in [0.05, 0.1) is 32.8 Å². The van der Waals surface area contributed by atoms with Crippen LogP contribution < -0.4 is 5.56 Å². The lowest BCUT2D eigenvalue weighted by atomic mass is 9.97. The van der Waals surface area contributed by atoms with Gasteiger partial charge in [0, 0.05) is 32.1 Å². The number of nitrogens with zero attached hydrogens (tertiary/aromatic N) is 4. The Labute approximate surface area is 213 Å². The monoisotopic (exact) mass is 500 g/mol. The van der Waals surface area contributed by atoms with E-state index in [0.717, 1.165) is 16.8 Å². The standard InChI is InChI=1S/C28H25ClN4O3/c1-19-30-25-15-16-31(17-22-24(29)13-8-14-26(22)33(35)36)18-23(25)28(34)32(19)27(20-9-4-2-5-10-20)21-11-6-3-7-12-21/h2-14,27H,15-18H2,1H3. The Morgan fingerprint density at radius 2 is 1.64 bits per heavy atom. The summed E-state index contributed by atoms with van der Waals surface area (Å²) in [6, 6.07) is 24.2. The maximum atomic E-state index is 14.0. The van der Waals surface area contributed by atoms with Crippen molar-refractivity contribution in [1.29, 1.82) is 0 Å². The van der Waals surface area contributed by atoms with E-state index in [0.29, 0.717) is 41.5 Å². The third kappa shape index (κ3) is 4.55. The molecular formula is C28H25ClN4O3. The molecule has 0 N–H and O–H groups in total. The van der Waals surface area contributed by atoms with Gasteiger partial charge in [0.15, 0.2) is 0 Å². The molecule has 1 aromatic heterocycles. The molecule has 1 aliphatic rings. The molecule has 0 saturated carbocycles. The summed E-state index contributed by atoms with van der Waals surface area (Å²) in [6.45, 7) is 3.13. The molecule has 0 unspecified atom stereocenters. The summed E-state index contributed by atoms with van der Waals surface area (Å²) in [5, 5.41) is 11.9. The van der Waals surface area contributed by atoms with Crippen molar-refractivity contribution in [2.24, 2.45) is 0 Å². The van der Waals surface area contributed by atoms with Crippen LogP contribution in [0.3, 0.4) is 0 Å². The van der Waals surface area contributed by atoms with E-state index >= 15 is 0 Å². The van der Waals surface area contributed by atoms with Crippen molar-refractivity contribution in [3.8, 4) is 0 Å². The number of halogens is 1. The largest absolute Gasteiger partial charge is 0.294 e. The Kier molecular flexibility index (Phi) is 6.67. The van der Waals surface area contributed by atoms with E-state index in [1.807, 2.05) is 72.5 Å². The predicted octanol–water partition coefficient (Wildman–Crippen LogP) is 5.31. The molecule has 0 aliphatic carbocycles. The number of nitro benzene ring substituents is 1. The SMILES string of the molecule is Cc1nc2c(c(=O)n1C(c1ccccc1)c1ccccc1)CN(Cc1c(Cl)cccc1[N+](=O)[O-])CC2. The third-order valence-corrected chi connectivity index (χ3v) is 7.03. The van der Waals surface area contributed by atoms with Crippen LogP contribution in [-0.4, -0.2) is 25.9 Å². The first-order valence-electron chi connectivity index (χ1n) is 11.8. The number of hydrogen-bond acceptors (Lipinski definition) is 5. The van der Waals surface area contributed by atoms with Crippen LogP contribution in [0.5, 0.6) is 0 Å². The summed E-state index contributed by atoms with van der Waals surface area (Å²) in [6.07, 6.45) is 0.589. The van der Waals surface area contributed by atoms with E-state index in [9.17, 15) is 14.9 Å². The van der Waals surface area contributed by atoms with Crippen molar-refractivity contribution in [1.82, 2.24) is 14.5 Å². The number of fused-ring (bicyclic) bond motifs is 1. The van der Waals surface area contributed by atoms with E-state index in [1.165, 1.54) is 6.07 Å². The van der Waals surface area contributed by atoms with Crippen LogP contribution in [0.25, 0.3) is 0 Å². The van der Waals surface area contributed by atoms with Crippen molar-refractivity contribution >= 4 is 17.3 Å². The van der Waals surface area contributed by atoms with Gasteiger partial charge in [-0.3, -0.25) is 24.4 Å². The second-order valence-electron chi connectivity index (χ2n) is 8.94. The van der Waals surface area contributed by atoms with Crippen molar-refractivity contribution in [3.63, 3.8) is 0 Å². The van der Waals surface area contributed by atoms with Gasteiger partial charge in [-0.1, -0.05) is 78.3 Å². The van der Waals surface area contributed by atoms with Crippen molar-refractivity contribution in [3.05, 3.63) is 138 Å². The van der Waals surface area contributed by atoms with Gasteiger partial charge in [0.25, 0.3) is 11.2 Å². The first-order chi connectivity index (χ1) is 17.4. The number of aromatic nitrogens is 2. The fourth-order valence-electron chi connectivity index (χ4n) is 4.96. The topological polar surface area (TPSA) is 81.3 Å². The summed E-state index contributed by atoms with van der Waals surface area (Å²) < 4.78 is 1.77. The Balaban J connectivity index is 1.56. The Morgan fingerprint density at radius 3 is 2.25 bits per heavy atom. The van der Waals surface area contributed by atoms with Gasteiger partial charge in [0.2, 0.25) is 0 Å². The number of hydrogen-bond donors (Lipinski definition) is 0. The molecule has 7 nitrogen and oxygen atoms in total. The van der Waals surface area contributed by atoms with E-state index in [2.05, 4.69) is 0 Å². The van der Waals surface area contributed by atoms with Crippen LogP contribution in [0.1, 0.15) is 39.8 Å². The highest BCUT2D eigenvalue weighted by atomic mass is 35.5. The highest BCUT2D eigenvalue weighted by Gasteiger charge is 2.28. The molecule has 0 fully saturated rings. The van der Waals surface area contributed by atoms with Gasteiger partial charge in [-0.05, 0) is 24.1 Å². The Bertz CT molecular complexity index is 1430. The third-order valence-electron chi connectivity index (χ3n) is 6.68. The van der Waals surface area contributed by atoms with Crippen LogP contribution in [0, 0.1) is 17.0 Å². The molecule has 0 bridgehead atoms. The van der Waals surface area contributed by atoms with Crippen LogP contribution in [-0.2, 0) is 19.5 Å². The molecule has 1 aliphatic heterocycles. The number of benzene rings is 3. The molecule has 0 radical (unpaired) electrons. The quantitative estimate of drug-likeness (QED) is 0.265. The molecule has 4 aromatic rings. The molecule has 0 spiro atoms. The number of nitro groups is 1. The van der Waals surface area contributed by atoms with Gasteiger partial charge in [-0.15, -0.1) is 0 Å². The minimum absolute atomic E-state index is 0.0130. The molecular weight excluding hydrogens is 476 g/mol.